The van der Waals surface area contributed by atoms with Gasteiger partial charge in [0, 0.05) is 25.1 Å². The zero-order valence-electron chi connectivity index (χ0n) is 19.2. The number of ether oxygens (including phenoxy) is 2. The first kappa shape index (κ1) is 23.0. The standard InChI is InChI=1S/C24H27N3O5S/c1-5-32-24(28)23-19-15-26(12-11-20(19)27(25-23)18-9-7-6-8-10-18)33(29,30)22-14-17(3)16(2)13-21(22)31-4/h6-10,13-14H,5,11-12,15H2,1-4H3. The van der Waals surface area contributed by atoms with E-state index in [1.807, 2.05) is 44.2 Å². The number of hydrogen-bond acceptors (Lipinski definition) is 6. The zero-order valence-corrected chi connectivity index (χ0v) is 20.0. The van der Waals surface area contributed by atoms with Crippen molar-refractivity contribution in [3.05, 3.63) is 70.5 Å². The molecule has 33 heavy (non-hydrogen) atoms. The Balaban J connectivity index is 1.79. The van der Waals surface area contributed by atoms with Crippen molar-refractivity contribution in [1.82, 2.24) is 14.1 Å². The van der Waals surface area contributed by atoms with Gasteiger partial charge >= 0.3 is 5.97 Å². The van der Waals surface area contributed by atoms with Crippen LogP contribution in [0.5, 0.6) is 5.75 Å². The van der Waals surface area contributed by atoms with Crippen molar-refractivity contribution in [2.45, 2.75) is 38.6 Å². The van der Waals surface area contributed by atoms with Gasteiger partial charge in [0.2, 0.25) is 10.0 Å². The summed E-state index contributed by atoms with van der Waals surface area (Å²) in [5.74, 6) is -0.263. The third-order valence-electron chi connectivity index (χ3n) is 5.89. The van der Waals surface area contributed by atoms with E-state index in [1.54, 1.807) is 23.7 Å². The van der Waals surface area contributed by atoms with E-state index in [1.165, 1.54) is 11.4 Å². The predicted molar refractivity (Wildman–Crippen MR) is 123 cm³/mol. The lowest BCUT2D eigenvalue weighted by Gasteiger charge is -2.28. The van der Waals surface area contributed by atoms with Crippen molar-refractivity contribution in [1.29, 1.82) is 0 Å². The average molecular weight is 470 g/mol. The van der Waals surface area contributed by atoms with Crippen molar-refractivity contribution in [2.75, 3.05) is 20.3 Å². The van der Waals surface area contributed by atoms with Crippen LogP contribution in [0.25, 0.3) is 5.69 Å². The molecule has 9 heteroatoms. The predicted octanol–water partition coefficient (Wildman–Crippen LogP) is 3.42. The van der Waals surface area contributed by atoms with Crippen molar-refractivity contribution >= 4 is 16.0 Å². The van der Waals surface area contributed by atoms with Gasteiger partial charge in [0.25, 0.3) is 0 Å². The first-order valence-electron chi connectivity index (χ1n) is 10.8. The fraction of sp³-hybridized carbons (Fsp3) is 0.333. The summed E-state index contributed by atoms with van der Waals surface area (Å²) >= 11 is 0. The highest BCUT2D eigenvalue weighted by atomic mass is 32.2. The lowest BCUT2D eigenvalue weighted by Crippen LogP contribution is -2.37. The fourth-order valence-corrected chi connectivity index (χ4v) is 5.64. The number of rotatable bonds is 6. The van der Waals surface area contributed by atoms with Crippen LogP contribution in [-0.4, -0.2) is 48.7 Å². The number of nitrogens with zero attached hydrogens (tertiary/aromatic N) is 3. The Morgan fingerprint density at radius 2 is 1.82 bits per heavy atom. The summed E-state index contributed by atoms with van der Waals surface area (Å²) in [6.45, 7) is 5.98. The second-order valence-corrected chi connectivity index (χ2v) is 9.82. The summed E-state index contributed by atoms with van der Waals surface area (Å²) in [6, 6.07) is 12.8. The maximum atomic E-state index is 13.6. The number of esters is 1. The van der Waals surface area contributed by atoms with Gasteiger partial charge in [-0.15, -0.1) is 0 Å². The molecule has 0 amide bonds. The van der Waals surface area contributed by atoms with E-state index in [0.29, 0.717) is 17.7 Å². The minimum atomic E-state index is -3.88. The largest absolute Gasteiger partial charge is 0.495 e. The Morgan fingerprint density at radius 3 is 2.48 bits per heavy atom. The number of aryl methyl sites for hydroxylation is 2. The van der Waals surface area contributed by atoms with Gasteiger partial charge in [-0.3, -0.25) is 0 Å². The van der Waals surface area contributed by atoms with Crippen LogP contribution in [0.1, 0.15) is 39.8 Å². The summed E-state index contributed by atoms with van der Waals surface area (Å²) in [7, 11) is -2.42. The molecular weight excluding hydrogens is 442 g/mol. The molecule has 1 aliphatic heterocycles. The van der Waals surface area contributed by atoms with Crippen molar-refractivity contribution < 1.29 is 22.7 Å². The van der Waals surface area contributed by atoms with Crippen LogP contribution in [0.4, 0.5) is 0 Å². The summed E-state index contributed by atoms with van der Waals surface area (Å²) in [4.78, 5) is 12.8. The van der Waals surface area contributed by atoms with Crippen LogP contribution in [0.3, 0.4) is 0 Å². The second kappa shape index (κ2) is 8.99. The number of hydrogen-bond donors (Lipinski definition) is 0. The van der Waals surface area contributed by atoms with Crippen LogP contribution in [0.2, 0.25) is 0 Å². The Hall–Kier alpha value is -3.17. The molecule has 3 aromatic rings. The maximum absolute atomic E-state index is 13.6. The molecule has 0 radical (unpaired) electrons. The first-order valence-corrected chi connectivity index (χ1v) is 12.2. The molecule has 1 aromatic heterocycles. The third kappa shape index (κ3) is 4.14. The maximum Gasteiger partial charge on any atom is 0.359 e. The van der Waals surface area contributed by atoms with Gasteiger partial charge in [0.05, 0.1) is 25.1 Å². The van der Waals surface area contributed by atoms with Gasteiger partial charge in [0.1, 0.15) is 10.6 Å². The van der Waals surface area contributed by atoms with E-state index in [0.717, 1.165) is 22.5 Å². The Labute approximate surface area is 193 Å². The Morgan fingerprint density at radius 1 is 1.12 bits per heavy atom. The van der Waals surface area contributed by atoms with Gasteiger partial charge in [-0.25, -0.2) is 17.9 Å². The lowest BCUT2D eigenvalue weighted by molar-refractivity contribution is 0.0517. The summed E-state index contributed by atoms with van der Waals surface area (Å²) in [5.41, 5.74) is 4.12. The molecule has 0 spiro atoms. The number of para-hydroxylation sites is 1. The van der Waals surface area contributed by atoms with Crippen LogP contribution < -0.4 is 4.74 Å². The lowest BCUT2D eigenvalue weighted by atomic mass is 10.1. The quantitative estimate of drug-likeness (QED) is 0.514. The second-order valence-electron chi connectivity index (χ2n) is 7.92. The molecule has 174 valence electrons. The van der Waals surface area contributed by atoms with Crippen molar-refractivity contribution in [2.24, 2.45) is 0 Å². The highest BCUT2D eigenvalue weighted by molar-refractivity contribution is 7.89. The fourth-order valence-electron chi connectivity index (χ4n) is 4.01. The Kier molecular flexibility index (Phi) is 6.27. The van der Waals surface area contributed by atoms with Crippen LogP contribution in [0.15, 0.2) is 47.4 Å². The normalized spacial score (nSPS) is 14.1. The van der Waals surface area contributed by atoms with Gasteiger partial charge in [-0.1, -0.05) is 18.2 Å². The van der Waals surface area contributed by atoms with Gasteiger partial charge in [0.15, 0.2) is 5.69 Å². The summed E-state index contributed by atoms with van der Waals surface area (Å²) < 4.78 is 40.9. The smallest absolute Gasteiger partial charge is 0.359 e. The number of sulfonamides is 1. The van der Waals surface area contributed by atoms with Crippen LogP contribution in [-0.2, 0) is 27.7 Å². The topological polar surface area (TPSA) is 90.7 Å². The molecule has 0 N–H and O–H groups in total. The molecule has 1 aliphatic rings. The van der Waals surface area contributed by atoms with Crippen LogP contribution >= 0.6 is 0 Å². The highest BCUT2D eigenvalue weighted by Gasteiger charge is 2.36. The first-order chi connectivity index (χ1) is 15.8. The van der Waals surface area contributed by atoms with E-state index in [-0.39, 0.29) is 30.3 Å². The van der Waals surface area contributed by atoms with E-state index in [4.69, 9.17) is 9.47 Å². The molecular formula is C24H27N3O5S. The molecule has 0 fully saturated rings. The molecule has 2 aromatic carbocycles. The van der Waals surface area contributed by atoms with Gasteiger partial charge in [-0.2, -0.15) is 9.40 Å². The highest BCUT2D eigenvalue weighted by Crippen LogP contribution is 2.34. The molecule has 0 aliphatic carbocycles. The van der Waals surface area contributed by atoms with E-state index in [9.17, 15) is 13.2 Å². The molecule has 0 saturated heterocycles. The third-order valence-corrected chi connectivity index (χ3v) is 7.76. The monoisotopic (exact) mass is 469 g/mol. The Bertz CT molecular complexity index is 1300. The zero-order chi connectivity index (χ0) is 23.8. The van der Waals surface area contributed by atoms with Crippen molar-refractivity contribution in [3.8, 4) is 11.4 Å². The SMILES string of the molecule is CCOC(=O)c1nn(-c2ccccc2)c2c1CN(S(=O)(=O)c1cc(C)c(C)cc1OC)CC2. The molecule has 4 rings (SSSR count). The number of carbonyl (C=O) groups is 1. The van der Waals surface area contributed by atoms with Gasteiger partial charge in [-0.05, 0) is 56.2 Å². The number of methoxy groups -OCH3 is 1. The number of benzene rings is 2. The van der Waals surface area contributed by atoms with Crippen LogP contribution in [0, 0.1) is 13.8 Å². The van der Waals surface area contributed by atoms with E-state index < -0.39 is 16.0 Å². The number of aromatic nitrogens is 2. The number of fused-ring (bicyclic) bond motifs is 1. The molecule has 0 saturated carbocycles. The molecule has 8 nitrogen and oxygen atoms in total. The molecule has 0 unspecified atom stereocenters. The minimum Gasteiger partial charge on any atom is -0.495 e. The van der Waals surface area contributed by atoms with Gasteiger partial charge < -0.3 is 9.47 Å². The molecule has 2 heterocycles. The minimum absolute atomic E-state index is 0.0225. The van der Waals surface area contributed by atoms with E-state index >= 15 is 0 Å². The molecule has 0 atom stereocenters. The number of carbonyl (C=O) groups excluding carboxylic acids is 1. The summed E-state index contributed by atoms with van der Waals surface area (Å²) in [6.07, 6.45) is 0.406. The van der Waals surface area contributed by atoms with E-state index in [2.05, 4.69) is 5.10 Å². The van der Waals surface area contributed by atoms with Crippen molar-refractivity contribution in [3.63, 3.8) is 0 Å². The average Bonchev–Trinajstić information content (AvgIpc) is 3.20. The molecule has 0 bridgehead atoms. The summed E-state index contributed by atoms with van der Waals surface area (Å²) in [5, 5.41) is 4.53.